The highest BCUT2D eigenvalue weighted by molar-refractivity contribution is 5.92. The lowest BCUT2D eigenvalue weighted by Crippen LogP contribution is -2.37. The number of methoxy groups -OCH3 is 1. The maximum absolute atomic E-state index is 12.3. The molecule has 2 rings (SSSR count). The number of ether oxygens (including phenoxy) is 3. The van der Waals surface area contributed by atoms with Gasteiger partial charge in [-0.15, -0.1) is 0 Å². The summed E-state index contributed by atoms with van der Waals surface area (Å²) < 4.78 is 38.8. The average Bonchev–Trinajstić information content (AvgIpc) is 2.88. The van der Waals surface area contributed by atoms with E-state index < -0.39 is 19.2 Å². The van der Waals surface area contributed by atoms with Crippen LogP contribution >= 0.6 is 0 Å². The molecule has 0 aliphatic heterocycles. The number of carbonyl (C=O) groups excluding carboxylic acids is 2. The maximum Gasteiger partial charge on any atom is 0.387 e. The predicted octanol–water partition coefficient (Wildman–Crippen LogP) is 3.29. The molecule has 0 saturated heterocycles. The molecule has 0 radical (unpaired) electrons. The first-order valence-electron chi connectivity index (χ1n) is 8.59. The van der Waals surface area contributed by atoms with Crippen molar-refractivity contribution >= 4 is 11.9 Å². The third-order valence-corrected chi connectivity index (χ3v) is 4.17. The van der Waals surface area contributed by atoms with Gasteiger partial charge < -0.3 is 19.5 Å². The van der Waals surface area contributed by atoms with Gasteiger partial charge in [-0.25, -0.2) is 4.79 Å². The fourth-order valence-corrected chi connectivity index (χ4v) is 2.90. The monoisotopic (exact) mass is 371 g/mol. The molecule has 0 unspecified atom stereocenters. The van der Waals surface area contributed by atoms with E-state index in [0.29, 0.717) is 0 Å². The smallest absolute Gasteiger partial charge is 0.387 e. The summed E-state index contributed by atoms with van der Waals surface area (Å²) in [7, 11) is 1.27. The number of alkyl halides is 2. The molecule has 144 valence electrons. The van der Waals surface area contributed by atoms with Crippen molar-refractivity contribution in [3.8, 4) is 11.5 Å². The number of halogens is 2. The molecular weight excluding hydrogens is 348 g/mol. The van der Waals surface area contributed by atoms with E-state index in [1.807, 2.05) is 0 Å². The molecule has 26 heavy (non-hydrogen) atoms. The number of benzene rings is 1. The zero-order valence-corrected chi connectivity index (χ0v) is 14.6. The summed E-state index contributed by atoms with van der Waals surface area (Å²) in [5.41, 5.74) is 0.0748. The van der Waals surface area contributed by atoms with Crippen molar-refractivity contribution in [2.75, 3.05) is 13.7 Å². The van der Waals surface area contributed by atoms with E-state index >= 15 is 0 Å². The molecule has 1 aliphatic carbocycles. The Hall–Kier alpha value is -2.38. The van der Waals surface area contributed by atoms with Crippen molar-refractivity contribution in [2.24, 2.45) is 0 Å². The number of carbonyl (C=O) groups is 2. The second kappa shape index (κ2) is 9.94. The molecular formula is C18H23F2NO5. The first-order chi connectivity index (χ1) is 12.5. The molecule has 0 bridgehead atoms. The zero-order chi connectivity index (χ0) is 18.9. The van der Waals surface area contributed by atoms with E-state index in [2.05, 4.69) is 10.1 Å². The normalized spacial score (nSPS) is 15.2. The van der Waals surface area contributed by atoms with E-state index in [1.54, 1.807) is 0 Å². The molecule has 6 nitrogen and oxygen atoms in total. The Morgan fingerprint density at radius 3 is 2.46 bits per heavy atom. The molecule has 8 heteroatoms. The van der Waals surface area contributed by atoms with Gasteiger partial charge in [0.15, 0.2) is 18.1 Å². The van der Waals surface area contributed by atoms with Gasteiger partial charge in [0.2, 0.25) is 0 Å². The van der Waals surface area contributed by atoms with E-state index in [0.717, 1.165) is 25.7 Å². The number of rotatable bonds is 7. The second-order valence-electron chi connectivity index (χ2n) is 6.08. The summed E-state index contributed by atoms with van der Waals surface area (Å²) >= 11 is 0. The highest BCUT2D eigenvalue weighted by Crippen LogP contribution is 2.29. The van der Waals surface area contributed by atoms with Gasteiger partial charge in [-0.2, -0.15) is 8.78 Å². The first kappa shape index (κ1) is 19.9. The highest BCUT2D eigenvalue weighted by Gasteiger charge is 2.18. The highest BCUT2D eigenvalue weighted by atomic mass is 19.3. The van der Waals surface area contributed by atoms with Gasteiger partial charge in [-0.3, -0.25) is 4.79 Å². The molecule has 0 aromatic heterocycles. The quantitative estimate of drug-likeness (QED) is 0.588. The maximum atomic E-state index is 12.3. The van der Waals surface area contributed by atoms with Crippen LogP contribution in [0.5, 0.6) is 11.5 Å². The Balaban J connectivity index is 1.87. The lowest BCUT2D eigenvalue weighted by Gasteiger charge is -2.16. The van der Waals surface area contributed by atoms with Crippen molar-refractivity contribution in [1.29, 1.82) is 0 Å². The van der Waals surface area contributed by atoms with Crippen LogP contribution in [0.15, 0.2) is 18.2 Å². The van der Waals surface area contributed by atoms with Crippen LogP contribution in [-0.2, 0) is 9.53 Å². The number of hydrogen-bond donors (Lipinski definition) is 1. The van der Waals surface area contributed by atoms with Crippen LogP contribution in [0.3, 0.4) is 0 Å². The van der Waals surface area contributed by atoms with Gasteiger partial charge in [0, 0.05) is 6.04 Å². The third kappa shape index (κ3) is 6.16. The largest absolute Gasteiger partial charge is 0.493 e. The number of hydrogen-bond acceptors (Lipinski definition) is 5. The second-order valence-corrected chi connectivity index (χ2v) is 6.08. The van der Waals surface area contributed by atoms with Crippen LogP contribution in [0.25, 0.3) is 0 Å². The molecule has 1 amide bonds. The SMILES string of the molecule is COc1cc(C(=O)OCC(=O)NC2CCCCCC2)ccc1OC(F)F. The fraction of sp³-hybridized carbons (Fsp3) is 0.556. The molecule has 0 atom stereocenters. The van der Waals surface area contributed by atoms with Crippen molar-refractivity contribution in [1.82, 2.24) is 5.32 Å². The standard InChI is InChI=1S/C18H23F2NO5/c1-24-15-10-12(8-9-14(15)26-18(19)20)17(23)25-11-16(22)21-13-6-4-2-3-5-7-13/h8-10,13,18H,2-7,11H2,1H3,(H,21,22). The van der Waals surface area contributed by atoms with E-state index in [1.165, 1.54) is 38.2 Å². The van der Waals surface area contributed by atoms with Crippen molar-refractivity contribution < 1.29 is 32.6 Å². The Morgan fingerprint density at radius 2 is 1.85 bits per heavy atom. The van der Waals surface area contributed by atoms with Gasteiger partial charge in [-0.05, 0) is 31.0 Å². The van der Waals surface area contributed by atoms with Crippen LogP contribution in [0, 0.1) is 0 Å². The number of esters is 1. The van der Waals surface area contributed by atoms with E-state index in [4.69, 9.17) is 9.47 Å². The summed E-state index contributed by atoms with van der Waals surface area (Å²) in [6, 6.07) is 3.80. The molecule has 1 saturated carbocycles. The van der Waals surface area contributed by atoms with Gasteiger partial charge in [0.1, 0.15) is 0 Å². The van der Waals surface area contributed by atoms with Gasteiger partial charge in [0.05, 0.1) is 12.7 Å². The Labute approximate surface area is 150 Å². The minimum atomic E-state index is -3.01. The van der Waals surface area contributed by atoms with E-state index in [9.17, 15) is 18.4 Å². The summed E-state index contributed by atoms with van der Waals surface area (Å²) in [4.78, 5) is 24.0. The topological polar surface area (TPSA) is 73.9 Å². The molecule has 1 N–H and O–H groups in total. The molecule has 1 aromatic rings. The average molecular weight is 371 g/mol. The summed E-state index contributed by atoms with van der Waals surface area (Å²) in [6.07, 6.45) is 6.38. The van der Waals surface area contributed by atoms with Gasteiger partial charge in [-0.1, -0.05) is 25.7 Å². The fourth-order valence-electron chi connectivity index (χ4n) is 2.90. The zero-order valence-electron chi connectivity index (χ0n) is 14.6. The Morgan fingerprint density at radius 1 is 1.15 bits per heavy atom. The van der Waals surface area contributed by atoms with Gasteiger partial charge >= 0.3 is 12.6 Å². The Kier molecular flexibility index (Phi) is 7.62. The van der Waals surface area contributed by atoms with Crippen LogP contribution < -0.4 is 14.8 Å². The summed E-state index contributed by atoms with van der Waals surface area (Å²) in [5.74, 6) is -1.31. The van der Waals surface area contributed by atoms with Crippen molar-refractivity contribution in [2.45, 2.75) is 51.2 Å². The predicted molar refractivity (Wildman–Crippen MR) is 89.5 cm³/mol. The molecule has 1 aromatic carbocycles. The van der Waals surface area contributed by atoms with Crippen LogP contribution in [0.4, 0.5) is 8.78 Å². The lowest BCUT2D eigenvalue weighted by molar-refractivity contribution is -0.125. The van der Waals surface area contributed by atoms with E-state index in [-0.39, 0.29) is 29.0 Å². The summed E-state index contributed by atoms with van der Waals surface area (Å²) in [6.45, 7) is -3.40. The molecule has 0 spiro atoms. The lowest BCUT2D eigenvalue weighted by atomic mass is 10.1. The van der Waals surface area contributed by atoms with Gasteiger partial charge in [0.25, 0.3) is 5.91 Å². The van der Waals surface area contributed by atoms with Crippen molar-refractivity contribution in [3.63, 3.8) is 0 Å². The molecule has 1 fully saturated rings. The van der Waals surface area contributed by atoms with Crippen LogP contribution in [0.2, 0.25) is 0 Å². The molecule has 1 aliphatic rings. The minimum Gasteiger partial charge on any atom is -0.493 e. The minimum absolute atomic E-state index is 0.0253. The summed E-state index contributed by atoms with van der Waals surface area (Å²) in [5, 5.41) is 2.87. The van der Waals surface area contributed by atoms with Crippen molar-refractivity contribution in [3.05, 3.63) is 23.8 Å². The third-order valence-electron chi connectivity index (χ3n) is 4.17. The Bertz CT molecular complexity index is 616. The number of amides is 1. The number of nitrogens with one attached hydrogen (secondary N) is 1. The molecule has 0 heterocycles. The van der Waals surface area contributed by atoms with Crippen LogP contribution in [-0.4, -0.2) is 38.2 Å². The first-order valence-corrected chi connectivity index (χ1v) is 8.59. The van der Waals surface area contributed by atoms with Crippen LogP contribution in [0.1, 0.15) is 48.9 Å².